The summed E-state index contributed by atoms with van der Waals surface area (Å²) in [6.45, 7) is 8.82. The van der Waals surface area contributed by atoms with Crippen molar-refractivity contribution >= 4 is 22.6 Å². The maximum absolute atomic E-state index is 4.12. The zero-order chi connectivity index (χ0) is 19.0. The Balaban J connectivity index is 1.56. The fraction of sp³-hybridized carbons (Fsp3) is 0.231. The van der Waals surface area contributed by atoms with E-state index in [2.05, 4.69) is 110 Å². The third kappa shape index (κ3) is 3.50. The third-order valence-corrected chi connectivity index (χ3v) is 6.47. The molecule has 0 aliphatic heterocycles. The molecule has 27 heavy (non-hydrogen) atoms. The summed E-state index contributed by atoms with van der Waals surface area (Å²) in [5.41, 5.74) is 9.64. The summed E-state index contributed by atoms with van der Waals surface area (Å²) in [7, 11) is 0. The molecule has 0 spiro atoms. The van der Waals surface area contributed by atoms with Gasteiger partial charge in [-0.1, -0.05) is 75.1 Å². The van der Waals surface area contributed by atoms with Gasteiger partial charge in [0.05, 0.1) is 0 Å². The van der Waals surface area contributed by atoms with E-state index >= 15 is 0 Å². The van der Waals surface area contributed by atoms with E-state index < -0.39 is 0 Å². The summed E-state index contributed by atoms with van der Waals surface area (Å²) in [6.07, 6.45) is 14.2. The lowest BCUT2D eigenvalue weighted by Gasteiger charge is -2.22. The molecule has 0 amide bonds. The van der Waals surface area contributed by atoms with Crippen LogP contribution in [-0.4, -0.2) is 0 Å². The number of allylic oxidation sites excluding steroid dienone is 7. The van der Waals surface area contributed by atoms with E-state index in [4.69, 9.17) is 0 Å². The van der Waals surface area contributed by atoms with Crippen LogP contribution < -0.4 is 0 Å². The second kappa shape index (κ2) is 7.27. The van der Waals surface area contributed by atoms with Gasteiger partial charge < -0.3 is 0 Å². The highest BCUT2D eigenvalue weighted by molar-refractivity contribution is 14.1. The first-order valence-corrected chi connectivity index (χ1v) is 10.7. The average Bonchev–Trinajstić information content (AvgIpc) is 2.87. The first kappa shape index (κ1) is 18.5. The largest absolute Gasteiger partial charge is 0.0915 e. The van der Waals surface area contributed by atoms with E-state index in [0.717, 1.165) is 24.8 Å². The number of benzene rings is 2. The van der Waals surface area contributed by atoms with Gasteiger partial charge in [0.2, 0.25) is 0 Å². The Morgan fingerprint density at radius 2 is 1.81 bits per heavy atom. The first-order chi connectivity index (χ1) is 13.0. The van der Waals surface area contributed by atoms with Gasteiger partial charge >= 0.3 is 0 Å². The van der Waals surface area contributed by atoms with Crippen LogP contribution in [0.2, 0.25) is 0 Å². The second-order valence-electron chi connectivity index (χ2n) is 7.99. The highest BCUT2D eigenvalue weighted by Gasteiger charge is 2.35. The Hall–Kier alpha value is -1.87. The van der Waals surface area contributed by atoms with E-state index in [1.165, 1.54) is 37.0 Å². The van der Waals surface area contributed by atoms with Crippen molar-refractivity contribution in [2.75, 3.05) is 0 Å². The minimum Gasteiger partial charge on any atom is -0.0915 e. The molecule has 0 bridgehead atoms. The van der Waals surface area contributed by atoms with Crippen molar-refractivity contribution in [2.24, 2.45) is 0 Å². The molecule has 136 valence electrons. The molecule has 0 nitrogen and oxygen atoms in total. The molecule has 0 unspecified atom stereocenters. The van der Waals surface area contributed by atoms with Crippen molar-refractivity contribution < 1.29 is 0 Å². The zero-order valence-electron chi connectivity index (χ0n) is 16.1. The summed E-state index contributed by atoms with van der Waals surface area (Å²) in [5.74, 6) is 0. The van der Waals surface area contributed by atoms with Crippen LogP contribution in [-0.2, 0) is 11.8 Å². The number of halogens is 1. The van der Waals surface area contributed by atoms with Crippen LogP contribution >= 0.6 is 22.6 Å². The van der Waals surface area contributed by atoms with Crippen molar-refractivity contribution in [2.45, 2.75) is 38.5 Å². The van der Waals surface area contributed by atoms with E-state index in [-0.39, 0.29) is 5.41 Å². The number of fused-ring (bicyclic) bond motifs is 3. The van der Waals surface area contributed by atoms with Crippen LogP contribution in [0.25, 0.3) is 11.1 Å². The molecule has 0 N–H and O–H groups in total. The van der Waals surface area contributed by atoms with Gasteiger partial charge in [-0.3, -0.25) is 0 Å². The SMILES string of the molecule is C=C1C=CCC/C1=C/C=C\Cc1ccc2c(c1)C(C)(C)c1cc(I)ccc1-2. The standard InChI is InChI=1S/C26H25I/c1-18-8-4-6-10-20(18)11-7-5-9-19-12-14-22-23-15-13-21(27)17-25(23)26(2,3)24(22)16-19/h4-5,7-8,11-17H,1,6,9-10H2,2-3H3/b7-5-,20-11-. The molecule has 2 aliphatic carbocycles. The van der Waals surface area contributed by atoms with E-state index in [0.29, 0.717) is 0 Å². The molecule has 0 saturated carbocycles. The maximum Gasteiger partial charge on any atom is 0.0159 e. The Morgan fingerprint density at radius 3 is 2.59 bits per heavy atom. The molecule has 0 aromatic heterocycles. The van der Waals surface area contributed by atoms with Crippen LogP contribution in [0.15, 0.2) is 84.5 Å². The topological polar surface area (TPSA) is 0 Å². The summed E-state index contributed by atoms with van der Waals surface area (Å²) in [6, 6.07) is 13.8. The van der Waals surface area contributed by atoms with Gasteiger partial charge in [-0.05, 0) is 92.9 Å². The lowest BCUT2D eigenvalue weighted by atomic mass is 9.82. The summed E-state index contributed by atoms with van der Waals surface area (Å²) < 4.78 is 1.31. The van der Waals surface area contributed by atoms with Crippen LogP contribution in [0, 0.1) is 3.57 Å². The van der Waals surface area contributed by atoms with Crippen molar-refractivity contribution in [3.05, 3.63) is 105 Å². The summed E-state index contributed by atoms with van der Waals surface area (Å²) >= 11 is 2.41. The molecule has 0 heterocycles. The van der Waals surface area contributed by atoms with Gasteiger partial charge in [0.1, 0.15) is 0 Å². The predicted molar refractivity (Wildman–Crippen MR) is 125 cm³/mol. The molecule has 0 atom stereocenters. The number of hydrogen-bond acceptors (Lipinski definition) is 0. The smallest absolute Gasteiger partial charge is 0.0159 e. The molecular weight excluding hydrogens is 439 g/mol. The first-order valence-electron chi connectivity index (χ1n) is 9.62. The van der Waals surface area contributed by atoms with Crippen molar-refractivity contribution in [3.63, 3.8) is 0 Å². The minimum absolute atomic E-state index is 0.0692. The van der Waals surface area contributed by atoms with Gasteiger partial charge in [0.25, 0.3) is 0 Å². The highest BCUT2D eigenvalue weighted by atomic mass is 127. The van der Waals surface area contributed by atoms with Crippen molar-refractivity contribution in [1.29, 1.82) is 0 Å². The van der Waals surface area contributed by atoms with E-state index in [1.54, 1.807) is 0 Å². The zero-order valence-corrected chi connectivity index (χ0v) is 18.2. The average molecular weight is 464 g/mol. The van der Waals surface area contributed by atoms with Crippen LogP contribution in [0.3, 0.4) is 0 Å². The van der Waals surface area contributed by atoms with E-state index in [9.17, 15) is 0 Å². The summed E-state index contributed by atoms with van der Waals surface area (Å²) in [5, 5.41) is 0. The van der Waals surface area contributed by atoms with Crippen molar-refractivity contribution in [3.8, 4) is 11.1 Å². The highest BCUT2D eigenvalue weighted by Crippen LogP contribution is 2.49. The molecule has 0 saturated heterocycles. The third-order valence-electron chi connectivity index (χ3n) is 5.80. The lowest BCUT2D eigenvalue weighted by Crippen LogP contribution is -2.15. The lowest BCUT2D eigenvalue weighted by molar-refractivity contribution is 0.659. The molecule has 1 heteroatoms. The molecule has 0 fully saturated rings. The van der Waals surface area contributed by atoms with Gasteiger partial charge in [0, 0.05) is 8.99 Å². The monoisotopic (exact) mass is 464 g/mol. The number of rotatable bonds is 3. The maximum atomic E-state index is 4.12. The van der Waals surface area contributed by atoms with E-state index in [1.807, 2.05) is 0 Å². The van der Waals surface area contributed by atoms with Gasteiger partial charge in [0.15, 0.2) is 0 Å². The van der Waals surface area contributed by atoms with Gasteiger partial charge in [-0.2, -0.15) is 0 Å². The normalized spacial score (nSPS) is 18.9. The molecule has 2 aliphatic rings. The second-order valence-corrected chi connectivity index (χ2v) is 9.23. The Morgan fingerprint density at radius 1 is 1.07 bits per heavy atom. The number of hydrogen-bond donors (Lipinski definition) is 0. The Labute approximate surface area is 176 Å². The summed E-state index contributed by atoms with van der Waals surface area (Å²) in [4.78, 5) is 0. The van der Waals surface area contributed by atoms with Crippen molar-refractivity contribution in [1.82, 2.24) is 0 Å². The van der Waals surface area contributed by atoms with Crippen LogP contribution in [0.1, 0.15) is 43.4 Å². The molecular formula is C26H25I. The molecule has 2 aromatic rings. The fourth-order valence-electron chi connectivity index (χ4n) is 4.19. The molecule has 4 rings (SSSR count). The quantitative estimate of drug-likeness (QED) is 0.412. The van der Waals surface area contributed by atoms with Gasteiger partial charge in [-0.25, -0.2) is 0 Å². The fourth-order valence-corrected chi connectivity index (χ4v) is 4.69. The Bertz CT molecular complexity index is 999. The van der Waals surface area contributed by atoms with Gasteiger partial charge in [-0.15, -0.1) is 0 Å². The van der Waals surface area contributed by atoms with Crippen LogP contribution in [0.4, 0.5) is 0 Å². The molecule has 0 radical (unpaired) electrons. The Kier molecular flexibility index (Phi) is 4.98. The molecule has 2 aromatic carbocycles. The predicted octanol–water partition coefficient (Wildman–Crippen LogP) is 7.53. The van der Waals surface area contributed by atoms with Crippen LogP contribution in [0.5, 0.6) is 0 Å². The minimum atomic E-state index is 0.0692.